The summed E-state index contributed by atoms with van der Waals surface area (Å²) in [5, 5.41) is 3.47. The number of nitrogens with zero attached hydrogens (tertiary/aromatic N) is 1. The summed E-state index contributed by atoms with van der Waals surface area (Å²) in [5.41, 5.74) is 2.88. The molecule has 0 bridgehead atoms. The summed E-state index contributed by atoms with van der Waals surface area (Å²) < 4.78 is 24.5. The van der Waals surface area contributed by atoms with E-state index in [0.29, 0.717) is 19.5 Å². The highest BCUT2D eigenvalue weighted by Crippen LogP contribution is 2.38. The first kappa shape index (κ1) is 21.1. The van der Waals surface area contributed by atoms with Crippen LogP contribution in [0.25, 0.3) is 0 Å². The molecule has 2 aliphatic heterocycles. The molecule has 0 amide bonds. The van der Waals surface area contributed by atoms with Crippen LogP contribution in [0.3, 0.4) is 0 Å². The lowest BCUT2D eigenvalue weighted by molar-refractivity contribution is -0.228. The van der Waals surface area contributed by atoms with E-state index < -0.39 is 17.8 Å². The Bertz CT molecular complexity index is 969. The fourth-order valence-electron chi connectivity index (χ4n) is 4.13. The van der Waals surface area contributed by atoms with Crippen molar-refractivity contribution in [1.82, 2.24) is 5.32 Å². The molecule has 0 aromatic heterocycles. The number of piperidine rings is 1. The van der Waals surface area contributed by atoms with Gasteiger partial charge in [-0.3, -0.25) is 4.90 Å². The summed E-state index contributed by atoms with van der Waals surface area (Å²) in [7, 11) is 0. The number of hydrogen-bond acceptors (Lipinski definition) is 6. The van der Waals surface area contributed by atoms with Crippen molar-refractivity contribution >= 4 is 17.6 Å². The number of hydrogen-bond donors (Lipinski definition) is 1. The van der Waals surface area contributed by atoms with E-state index in [1.54, 1.807) is 12.1 Å². The van der Waals surface area contributed by atoms with Gasteiger partial charge in [0.25, 0.3) is 0 Å². The summed E-state index contributed by atoms with van der Waals surface area (Å²) in [6.07, 6.45) is 4.00. The van der Waals surface area contributed by atoms with Gasteiger partial charge in [0, 0.05) is 30.4 Å². The number of para-hydroxylation sites is 1. The van der Waals surface area contributed by atoms with Crippen LogP contribution in [0.15, 0.2) is 60.7 Å². The topological polar surface area (TPSA) is 67.9 Å². The van der Waals surface area contributed by atoms with Crippen molar-refractivity contribution in [2.24, 2.45) is 0 Å². The molecular weight excluding hydrogens is 399 g/mol. The molecule has 0 aliphatic carbocycles. The predicted molar refractivity (Wildman–Crippen MR) is 114 cm³/mol. The number of aryl methyl sites for hydroxylation is 1. The largest absolute Gasteiger partial charge is 0.400 e. The van der Waals surface area contributed by atoms with Crippen LogP contribution < -0.4 is 10.2 Å². The Labute approximate surface area is 180 Å². The molecule has 31 heavy (non-hydrogen) atoms. The Kier molecular flexibility index (Phi) is 6.04. The van der Waals surface area contributed by atoms with Crippen LogP contribution in [0.5, 0.6) is 0 Å². The van der Waals surface area contributed by atoms with Crippen molar-refractivity contribution in [3.05, 3.63) is 77.6 Å². The van der Waals surface area contributed by atoms with Gasteiger partial charge in [-0.05, 0) is 55.6 Å². The van der Waals surface area contributed by atoms with Gasteiger partial charge in [0.05, 0.1) is 6.42 Å². The third-order valence-corrected chi connectivity index (χ3v) is 5.66. The fraction of sp³-hybridized carbons (Fsp3) is 0.333. The number of anilines is 1. The molecule has 1 spiro atoms. The Hall–Kier alpha value is -3.19. The van der Waals surface area contributed by atoms with Crippen molar-refractivity contribution in [3.8, 4) is 0 Å². The quantitative estimate of drug-likeness (QED) is 0.744. The van der Waals surface area contributed by atoms with Crippen LogP contribution in [-0.4, -0.2) is 37.0 Å². The van der Waals surface area contributed by atoms with E-state index in [-0.39, 0.29) is 11.9 Å². The first-order chi connectivity index (χ1) is 14.9. The van der Waals surface area contributed by atoms with Gasteiger partial charge in [-0.15, -0.1) is 0 Å². The predicted octanol–water partition coefficient (Wildman–Crippen LogP) is 3.25. The molecule has 1 unspecified atom stereocenters. The van der Waals surface area contributed by atoms with Gasteiger partial charge in [-0.1, -0.05) is 30.3 Å². The number of rotatable bonds is 5. The SMILES string of the molecule is Cc1ccccc1N1CCC(NCCc2ccc(F)cc2)CC12OC(=O)C=CC(=O)O2. The number of esters is 2. The average Bonchev–Trinajstić information content (AvgIpc) is 2.88. The molecule has 1 atom stereocenters. The molecule has 2 aromatic carbocycles. The second-order valence-corrected chi connectivity index (χ2v) is 7.85. The minimum Gasteiger partial charge on any atom is -0.400 e. The number of benzene rings is 2. The summed E-state index contributed by atoms with van der Waals surface area (Å²) in [6, 6.07) is 14.1. The van der Waals surface area contributed by atoms with Crippen LogP contribution in [0, 0.1) is 12.7 Å². The highest BCUT2D eigenvalue weighted by molar-refractivity contribution is 5.93. The van der Waals surface area contributed by atoms with Gasteiger partial charge in [0.1, 0.15) is 5.82 Å². The van der Waals surface area contributed by atoms with E-state index in [1.165, 1.54) is 12.1 Å². The van der Waals surface area contributed by atoms with Crippen molar-refractivity contribution in [2.75, 3.05) is 18.0 Å². The standard InChI is InChI=1S/C24H25FN2O4/c1-17-4-2-3-5-21(17)27-15-13-20(26-14-12-18-6-8-19(25)9-7-18)16-24(27)30-22(28)10-11-23(29)31-24/h2-11,20,26H,12-16H2,1H3. The maximum absolute atomic E-state index is 13.1. The van der Waals surface area contributed by atoms with E-state index in [4.69, 9.17) is 9.47 Å². The third kappa shape index (κ3) is 4.77. The van der Waals surface area contributed by atoms with Gasteiger partial charge >= 0.3 is 17.8 Å². The number of halogens is 1. The van der Waals surface area contributed by atoms with Crippen LogP contribution in [0.1, 0.15) is 24.0 Å². The second kappa shape index (κ2) is 8.89. The smallest absolute Gasteiger partial charge is 0.344 e. The normalized spacial score (nSPS) is 20.3. The van der Waals surface area contributed by atoms with Crippen molar-refractivity contribution in [2.45, 2.75) is 38.1 Å². The zero-order valence-corrected chi connectivity index (χ0v) is 17.3. The molecule has 1 saturated heterocycles. The molecule has 0 radical (unpaired) electrons. The number of ether oxygens (including phenoxy) is 2. The van der Waals surface area contributed by atoms with E-state index in [1.807, 2.05) is 36.1 Å². The number of nitrogens with one attached hydrogen (secondary N) is 1. The molecule has 4 rings (SSSR count). The molecule has 2 aromatic rings. The number of carbonyl (C=O) groups is 2. The van der Waals surface area contributed by atoms with E-state index in [2.05, 4.69) is 5.32 Å². The van der Waals surface area contributed by atoms with E-state index >= 15 is 0 Å². The molecule has 1 fully saturated rings. The Morgan fingerprint density at radius 1 is 1.06 bits per heavy atom. The highest BCUT2D eigenvalue weighted by Gasteiger charge is 2.50. The van der Waals surface area contributed by atoms with Gasteiger partial charge < -0.3 is 14.8 Å². The zero-order chi connectivity index (χ0) is 21.8. The first-order valence-electron chi connectivity index (χ1n) is 10.4. The van der Waals surface area contributed by atoms with Gasteiger partial charge in [-0.25, -0.2) is 14.0 Å². The summed E-state index contributed by atoms with van der Waals surface area (Å²) in [6.45, 7) is 3.17. The first-order valence-corrected chi connectivity index (χ1v) is 10.4. The van der Waals surface area contributed by atoms with Crippen molar-refractivity contribution < 1.29 is 23.5 Å². The van der Waals surface area contributed by atoms with Crippen LogP contribution >= 0.6 is 0 Å². The molecule has 162 valence electrons. The molecule has 7 heteroatoms. The Morgan fingerprint density at radius 2 is 1.74 bits per heavy atom. The molecule has 0 saturated carbocycles. The lowest BCUT2D eigenvalue weighted by atomic mass is 9.98. The molecule has 2 aliphatic rings. The summed E-state index contributed by atoms with van der Waals surface area (Å²) >= 11 is 0. The highest BCUT2D eigenvalue weighted by atomic mass is 19.1. The molecular formula is C24H25FN2O4. The van der Waals surface area contributed by atoms with Crippen molar-refractivity contribution in [3.63, 3.8) is 0 Å². The fourth-order valence-corrected chi connectivity index (χ4v) is 4.13. The van der Waals surface area contributed by atoms with E-state index in [0.717, 1.165) is 41.8 Å². The molecule has 6 nitrogen and oxygen atoms in total. The van der Waals surface area contributed by atoms with Gasteiger partial charge in [0.15, 0.2) is 0 Å². The Morgan fingerprint density at radius 3 is 2.42 bits per heavy atom. The third-order valence-electron chi connectivity index (χ3n) is 5.66. The average molecular weight is 424 g/mol. The Balaban J connectivity index is 1.52. The van der Waals surface area contributed by atoms with E-state index in [9.17, 15) is 14.0 Å². The summed E-state index contributed by atoms with van der Waals surface area (Å²) in [4.78, 5) is 26.4. The van der Waals surface area contributed by atoms with Crippen molar-refractivity contribution in [1.29, 1.82) is 0 Å². The number of carbonyl (C=O) groups excluding carboxylic acids is 2. The van der Waals surface area contributed by atoms with Crippen LogP contribution in [0.2, 0.25) is 0 Å². The van der Waals surface area contributed by atoms with Gasteiger partial charge in [-0.2, -0.15) is 0 Å². The van der Waals surface area contributed by atoms with Crippen LogP contribution in [-0.2, 0) is 25.5 Å². The lowest BCUT2D eigenvalue weighted by Crippen LogP contribution is -2.62. The molecule has 1 N–H and O–H groups in total. The maximum Gasteiger partial charge on any atom is 0.344 e. The minimum atomic E-state index is -1.52. The monoisotopic (exact) mass is 424 g/mol. The maximum atomic E-state index is 13.1. The summed E-state index contributed by atoms with van der Waals surface area (Å²) in [5.74, 6) is -3.00. The lowest BCUT2D eigenvalue weighted by Gasteiger charge is -2.47. The van der Waals surface area contributed by atoms with Crippen LogP contribution in [0.4, 0.5) is 10.1 Å². The zero-order valence-electron chi connectivity index (χ0n) is 17.3. The molecule has 2 heterocycles. The second-order valence-electron chi connectivity index (χ2n) is 7.85. The minimum absolute atomic E-state index is 0.0283. The van der Waals surface area contributed by atoms with Gasteiger partial charge in [0.2, 0.25) is 0 Å².